The number of hydrogen-bond acceptors (Lipinski definition) is 5. The maximum absolute atomic E-state index is 13.3. The van der Waals surface area contributed by atoms with E-state index in [9.17, 15) is 22.8 Å². The molecule has 1 saturated heterocycles. The fraction of sp³-hybridized carbons (Fsp3) is 0.560. The molecule has 2 N–H and O–H groups in total. The number of imide groups is 1. The monoisotopic (exact) mass is 489 g/mol. The standard InChI is InChI=1S/C25H35N3O5S/c1-16(2)13-22(28-24(30)20-11-7-8-12-21(20)25(28)31)23(29)26-14-18-9-5-6-10-19(18)15-34(32,33)27-17(3)4/h5-10,16-17,20-22,27H,11-15H2,1-4H3,(H,26,29). The third kappa shape index (κ3) is 6.13. The van der Waals surface area contributed by atoms with Gasteiger partial charge in [-0.05, 0) is 50.2 Å². The number of likely N-dealkylation sites (tertiary alicyclic amines) is 1. The van der Waals surface area contributed by atoms with Gasteiger partial charge in [0.2, 0.25) is 27.7 Å². The van der Waals surface area contributed by atoms with Crippen LogP contribution >= 0.6 is 0 Å². The topological polar surface area (TPSA) is 113 Å². The minimum Gasteiger partial charge on any atom is -0.350 e. The van der Waals surface area contributed by atoms with Gasteiger partial charge in [0.15, 0.2) is 0 Å². The molecule has 3 unspecified atom stereocenters. The zero-order chi connectivity index (χ0) is 25.0. The molecule has 1 heterocycles. The van der Waals surface area contributed by atoms with Gasteiger partial charge in [-0.3, -0.25) is 19.3 Å². The molecule has 186 valence electrons. The summed E-state index contributed by atoms with van der Waals surface area (Å²) < 4.78 is 27.4. The summed E-state index contributed by atoms with van der Waals surface area (Å²) in [5.74, 6) is -1.83. The lowest BCUT2D eigenvalue weighted by atomic mass is 9.85. The van der Waals surface area contributed by atoms with Gasteiger partial charge in [0.25, 0.3) is 0 Å². The molecule has 0 aromatic heterocycles. The van der Waals surface area contributed by atoms with E-state index in [-0.39, 0.29) is 47.9 Å². The lowest BCUT2D eigenvalue weighted by Gasteiger charge is -2.27. The van der Waals surface area contributed by atoms with Crippen molar-refractivity contribution in [2.45, 2.75) is 71.3 Å². The van der Waals surface area contributed by atoms with Crippen molar-refractivity contribution in [3.63, 3.8) is 0 Å². The van der Waals surface area contributed by atoms with Crippen LogP contribution in [0.15, 0.2) is 36.4 Å². The number of carbonyl (C=O) groups excluding carboxylic acids is 3. The molecule has 34 heavy (non-hydrogen) atoms. The number of rotatable bonds is 10. The third-order valence-electron chi connectivity index (χ3n) is 6.18. The van der Waals surface area contributed by atoms with E-state index in [4.69, 9.17) is 0 Å². The second-order valence-electron chi connectivity index (χ2n) is 9.87. The number of sulfonamides is 1. The van der Waals surface area contributed by atoms with Crippen molar-refractivity contribution in [1.29, 1.82) is 0 Å². The highest BCUT2D eigenvalue weighted by atomic mass is 32.2. The molecule has 3 atom stereocenters. The number of fused-ring (bicyclic) bond motifs is 1. The molecule has 1 aliphatic carbocycles. The van der Waals surface area contributed by atoms with Crippen LogP contribution in [0.5, 0.6) is 0 Å². The normalized spacial score (nSPS) is 21.3. The smallest absolute Gasteiger partial charge is 0.243 e. The van der Waals surface area contributed by atoms with Crippen molar-refractivity contribution < 1.29 is 22.8 Å². The summed E-state index contributed by atoms with van der Waals surface area (Å²) in [4.78, 5) is 40.6. The molecular formula is C25H35N3O5S. The third-order valence-corrected chi connectivity index (χ3v) is 7.70. The van der Waals surface area contributed by atoms with Gasteiger partial charge < -0.3 is 5.32 Å². The molecule has 1 aromatic rings. The van der Waals surface area contributed by atoms with E-state index in [1.807, 2.05) is 26.0 Å². The van der Waals surface area contributed by atoms with Gasteiger partial charge in [0, 0.05) is 12.6 Å². The largest absolute Gasteiger partial charge is 0.350 e. The Labute approximate surface area is 202 Å². The number of nitrogens with zero attached hydrogens (tertiary/aromatic N) is 1. The maximum Gasteiger partial charge on any atom is 0.243 e. The first-order chi connectivity index (χ1) is 16.0. The summed E-state index contributed by atoms with van der Waals surface area (Å²) in [7, 11) is -3.53. The summed E-state index contributed by atoms with van der Waals surface area (Å²) in [6.07, 6.45) is 5.26. The average molecular weight is 490 g/mol. The lowest BCUT2D eigenvalue weighted by Crippen LogP contribution is -2.50. The molecule has 0 bridgehead atoms. The molecule has 0 saturated carbocycles. The number of nitrogens with one attached hydrogen (secondary N) is 2. The van der Waals surface area contributed by atoms with E-state index in [0.717, 1.165) is 0 Å². The fourth-order valence-electron chi connectivity index (χ4n) is 4.69. The first-order valence-electron chi connectivity index (χ1n) is 11.9. The first kappa shape index (κ1) is 26.1. The Bertz CT molecular complexity index is 1040. The molecule has 0 radical (unpaired) electrons. The van der Waals surface area contributed by atoms with Crippen LogP contribution in [-0.2, 0) is 36.7 Å². The second kappa shape index (κ2) is 10.8. The summed E-state index contributed by atoms with van der Waals surface area (Å²) in [5.41, 5.74) is 1.26. The molecule has 3 amide bonds. The Morgan fingerprint density at radius 3 is 2.09 bits per heavy atom. The van der Waals surface area contributed by atoms with Gasteiger partial charge in [-0.25, -0.2) is 13.1 Å². The first-order valence-corrected chi connectivity index (χ1v) is 13.5. The molecular weight excluding hydrogens is 454 g/mol. The van der Waals surface area contributed by atoms with Crippen LogP contribution in [0.1, 0.15) is 58.1 Å². The number of amides is 3. The highest BCUT2D eigenvalue weighted by Gasteiger charge is 2.51. The van der Waals surface area contributed by atoms with Gasteiger partial charge in [-0.1, -0.05) is 50.3 Å². The SMILES string of the molecule is CC(C)CC(C(=O)NCc1ccccc1CS(=O)(=O)NC(C)C)N1C(=O)C2CC=CCC2C1=O. The number of allylic oxidation sites excluding steroid dienone is 2. The van der Waals surface area contributed by atoms with Gasteiger partial charge >= 0.3 is 0 Å². The van der Waals surface area contributed by atoms with E-state index >= 15 is 0 Å². The Balaban J connectivity index is 1.76. The zero-order valence-electron chi connectivity index (χ0n) is 20.3. The maximum atomic E-state index is 13.3. The van der Waals surface area contributed by atoms with E-state index in [1.54, 1.807) is 38.1 Å². The number of benzene rings is 1. The summed E-state index contributed by atoms with van der Waals surface area (Å²) in [6.45, 7) is 7.51. The molecule has 1 aromatic carbocycles. The van der Waals surface area contributed by atoms with Crippen LogP contribution in [0.2, 0.25) is 0 Å². The Kier molecular flexibility index (Phi) is 8.30. The van der Waals surface area contributed by atoms with Crippen molar-refractivity contribution in [2.75, 3.05) is 0 Å². The van der Waals surface area contributed by atoms with Gasteiger partial charge in [0.05, 0.1) is 17.6 Å². The van der Waals surface area contributed by atoms with Crippen LogP contribution in [-0.4, -0.2) is 43.1 Å². The van der Waals surface area contributed by atoms with E-state index in [1.165, 1.54) is 4.90 Å². The van der Waals surface area contributed by atoms with Crippen molar-refractivity contribution in [2.24, 2.45) is 17.8 Å². The highest BCUT2D eigenvalue weighted by molar-refractivity contribution is 7.88. The van der Waals surface area contributed by atoms with Crippen LogP contribution in [0.25, 0.3) is 0 Å². The molecule has 0 spiro atoms. The quantitative estimate of drug-likeness (QED) is 0.387. The van der Waals surface area contributed by atoms with Gasteiger partial charge in [-0.15, -0.1) is 0 Å². The molecule has 1 aliphatic heterocycles. The van der Waals surface area contributed by atoms with E-state index in [2.05, 4.69) is 10.0 Å². The van der Waals surface area contributed by atoms with E-state index < -0.39 is 22.0 Å². The average Bonchev–Trinajstić information content (AvgIpc) is 3.00. The lowest BCUT2D eigenvalue weighted by molar-refractivity contribution is -0.148. The Morgan fingerprint density at radius 1 is 1.00 bits per heavy atom. The second-order valence-corrected chi connectivity index (χ2v) is 11.6. The minimum absolute atomic E-state index is 0.0941. The van der Waals surface area contributed by atoms with Gasteiger partial charge in [0.1, 0.15) is 6.04 Å². The highest BCUT2D eigenvalue weighted by Crippen LogP contribution is 2.37. The van der Waals surface area contributed by atoms with Crippen molar-refractivity contribution in [3.8, 4) is 0 Å². The molecule has 2 aliphatic rings. The van der Waals surface area contributed by atoms with Crippen molar-refractivity contribution in [1.82, 2.24) is 14.9 Å². The number of carbonyl (C=O) groups is 3. The predicted molar refractivity (Wildman–Crippen MR) is 130 cm³/mol. The zero-order valence-corrected chi connectivity index (χ0v) is 21.1. The summed E-state index contributed by atoms with van der Waals surface area (Å²) in [6, 6.07) is 5.92. The Hall–Kier alpha value is -2.52. The molecule has 3 rings (SSSR count). The molecule has 1 fully saturated rings. The summed E-state index contributed by atoms with van der Waals surface area (Å²) in [5, 5.41) is 2.85. The van der Waals surface area contributed by atoms with Crippen LogP contribution in [0.4, 0.5) is 0 Å². The van der Waals surface area contributed by atoms with Crippen LogP contribution < -0.4 is 10.0 Å². The van der Waals surface area contributed by atoms with Gasteiger partial charge in [-0.2, -0.15) is 0 Å². The van der Waals surface area contributed by atoms with Crippen LogP contribution in [0, 0.1) is 17.8 Å². The summed E-state index contributed by atoms with van der Waals surface area (Å²) >= 11 is 0. The molecule has 9 heteroatoms. The molecule has 8 nitrogen and oxygen atoms in total. The predicted octanol–water partition coefficient (Wildman–Crippen LogP) is 2.50. The van der Waals surface area contributed by atoms with E-state index in [0.29, 0.717) is 30.4 Å². The Morgan fingerprint density at radius 2 is 1.56 bits per heavy atom. The minimum atomic E-state index is -3.53. The van der Waals surface area contributed by atoms with Crippen molar-refractivity contribution >= 4 is 27.7 Å². The number of hydrogen-bond donors (Lipinski definition) is 2. The van der Waals surface area contributed by atoms with Crippen LogP contribution in [0.3, 0.4) is 0 Å². The fourth-order valence-corrected chi connectivity index (χ4v) is 6.18. The van der Waals surface area contributed by atoms with Crippen molar-refractivity contribution in [3.05, 3.63) is 47.5 Å².